The highest BCUT2D eigenvalue weighted by Gasteiger charge is 2.15. The lowest BCUT2D eigenvalue weighted by molar-refractivity contribution is -0.380. The van der Waals surface area contributed by atoms with Crippen molar-refractivity contribution in [2.24, 2.45) is 0 Å². The highest BCUT2D eigenvalue weighted by Crippen LogP contribution is 2.23. The Bertz CT molecular complexity index is 694. The first-order valence-corrected chi connectivity index (χ1v) is 6.40. The van der Waals surface area contributed by atoms with E-state index in [9.17, 15) is 19.7 Å². The molecule has 0 aliphatic rings. The van der Waals surface area contributed by atoms with Crippen LogP contribution in [0.1, 0.15) is 15.4 Å². The third kappa shape index (κ3) is 3.82. The number of carboxylic acids is 1. The molecule has 0 radical (unpaired) electrons. The van der Waals surface area contributed by atoms with Gasteiger partial charge in [0.25, 0.3) is 5.91 Å². The van der Waals surface area contributed by atoms with Crippen molar-refractivity contribution in [3.05, 3.63) is 39.0 Å². The number of nitrogens with one attached hydrogen (secondary N) is 1. The lowest BCUT2D eigenvalue weighted by atomic mass is 10.4. The molecule has 0 aromatic carbocycles. The number of hydrogen-bond donors (Lipinski definition) is 2. The summed E-state index contributed by atoms with van der Waals surface area (Å²) in [6.07, 6.45) is 1.39. The first-order valence-electron chi connectivity index (χ1n) is 5.59. The van der Waals surface area contributed by atoms with E-state index in [1.54, 1.807) is 0 Å². The molecule has 2 aromatic rings. The Morgan fingerprint density at radius 2 is 2.24 bits per heavy atom. The van der Waals surface area contributed by atoms with Crippen molar-refractivity contribution in [2.45, 2.75) is 13.1 Å². The highest BCUT2D eigenvalue weighted by molar-refractivity contribution is 7.17. The molecule has 0 fully saturated rings. The summed E-state index contributed by atoms with van der Waals surface area (Å²) in [7, 11) is 0. The van der Waals surface area contributed by atoms with Crippen LogP contribution in [0.25, 0.3) is 0 Å². The van der Waals surface area contributed by atoms with E-state index in [1.165, 1.54) is 18.3 Å². The third-order valence-corrected chi connectivity index (χ3v) is 3.34. The molecule has 0 saturated heterocycles. The van der Waals surface area contributed by atoms with Crippen LogP contribution in [0, 0.1) is 10.1 Å². The number of amides is 1. The number of carbonyl (C=O) groups excluding carboxylic acids is 1. The summed E-state index contributed by atoms with van der Waals surface area (Å²) in [6, 6.07) is 2.61. The van der Waals surface area contributed by atoms with Gasteiger partial charge < -0.3 is 10.4 Å². The van der Waals surface area contributed by atoms with Crippen molar-refractivity contribution in [1.29, 1.82) is 0 Å². The van der Waals surface area contributed by atoms with Gasteiger partial charge in [0.2, 0.25) is 0 Å². The standard InChI is InChI=1S/C10H9N5O5S/c16-9(17)5-14-4-6(12-13-14)3-11-10(18)7-1-2-8(21-7)15(19)20/h1-2,4H,3,5H2,(H,11,18)(H,16,17). The zero-order valence-corrected chi connectivity index (χ0v) is 11.2. The molecule has 10 nitrogen and oxygen atoms in total. The molecule has 0 bridgehead atoms. The van der Waals surface area contributed by atoms with Crippen LogP contribution in [0.5, 0.6) is 0 Å². The van der Waals surface area contributed by atoms with E-state index in [1.807, 2.05) is 0 Å². The second-order valence-electron chi connectivity index (χ2n) is 3.88. The minimum absolute atomic E-state index is 0.0458. The largest absolute Gasteiger partial charge is 0.480 e. The molecule has 11 heteroatoms. The summed E-state index contributed by atoms with van der Waals surface area (Å²) in [4.78, 5) is 32.4. The lowest BCUT2D eigenvalue weighted by Crippen LogP contribution is -2.22. The van der Waals surface area contributed by atoms with Gasteiger partial charge >= 0.3 is 11.0 Å². The average Bonchev–Trinajstić information content (AvgIpc) is 3.04. The molecule has 1 amide bonds. The van der Waals surface area contributed by atoms with Gasteiger partial charge in [-0.3, -0.25) is 19.7 Å². The molecule has 0 spiro atoms. The van der Waals surface area contributed by atoms with E-state index in [0.29, 0.717) is 5.69 Å². The fraction of sp³-hybridized carbons (Fsp3) is 0.200. The van der Waals surface area contributed by atoms with Crippen LogP contribution in [0.2, 0.25) is 0 Å². The Kier molecular flexibility index (Phi) is 4.23. The van der Waals surface area contributed by atoms with E-state index < -0.39 is 16.8 Å². The van der Waals surface area contributed by atoms with Crippen LogP contribution in [0.3, 0.4) is 0 Å². The van der Waals surface area contributed by atoms with Gasteiger partial charge in [-0.2, -0.15) is 0 Å². The van der Waals surface area contributed by atoms with Crippen LogP contribution in [0.15, 0.2) is 18.3 Å². The van der Waals surface area contributed by atoms with Crippen LogP contribution in [0.4, 0.5) is 5.00 Å². The smallest absolute Gasteiger partial charge is 0.325 e. The van der Waals surface area contributed by atoms with E-state index in [4.69, 9.17) is 5.11 Å². The number of nitro groups is 1. The van der Waals surface area contributed by atoms with Crippen molar-refractivity contribution >= 4 is 28.2 Å². The summed E-state index contributed by atoms with van der Waals surface area (Å²) in [5, 5.41) is 28.8. The SMILES string of the molecule is O=C(O)Cn1cc(CNC(=O)c2ccc([N+](=O)[O-])s2)nn1. The van der Waals surface area contributed by atoms with Crippen molar-refractivity contribution in [1.82, 2.24) is 20.3 Å². The Morgan fingerprint density at radius 3 is 2.86 bits per heavy atom. The monoisotopic (exact) mass is 311 g/mol. The van der Waals surface area contributed by atoms with Gasteiger partial charge in [0, 0.05) is 6.07 Å². The number of carbonyl (C=O) groups is 2. The zero-order valence-electron chi connectivity index (χ0n) is 10.4. The Labute approximate surface area is 121 Å². The van der Waals surface area contributed by atoms with Gasteiger partial charge in [-0.05, 0) is 6.07 Å². The maximum atomic E-state index is 11.8. The zero-order chi connectivity index (χ0) is 15.4. The first kappa shape index (κ1) is 14.6. The lowest BCUT2D eigenvalue weighted by Gasteiger charge is -1.99. The van der Waals surface area contributed by atoms with Crippen molar-refractivity contribution < 1.29 is 19.6 Å². The number of rotatable bonds is 6. The minimum atomic E-state index is -1.05. The quantitative estimate of drug-likeness (QED) is 0.576. The molecule has 2 N–H and O–H groups in total. The molecule has 0 atom stereocenters. The molecule has 2 rings (SSSR count). The van der Waals surface area contributed by atoms with E-state index in [-0.39, 0.29) is 23.0 Å². The summed E-state index contributed by atoms with van der Waals surface area (Å²) in [5.41, 5.74) is 0.385. The third-order valence-electron chi connectivity index (χ3n) is 2.31. The summed E-state index contributed by atoms with van der Waals surface area (Å²) in [5.74, 6) is -1.53. The molecule has 0 unspecified atom stereocenters. The number of aromatic nitrogens is 3. The van der Waals surface area contributed by atoms with Crippen molar-refractivity contribution in [3.63, 3.8) is 0 Å². The van der Waals surface area contributed by atoms with Crippen LogP contribution >= 0.6 is 11.3 Å². The number of nitrogens with zero attached hydrogens (tertiary/aromatic N) is 4. The topological polar surface area (TPSA) is 140 Å². The van der Waals surface area contributed by atoms with Gasteiger partial charge in [-0.1, -0.05) is 16.6 Å². The summed E-state index contributed by atoms with van der Waals surface area (Å²) < 4.78 is 1.12. The Morgan fingerprint density at radius 1 is 1.48 bits per heavy atom. The van der Waals surface area contributed by atoms with Gasteiger partial charge in [0.1, 0.15) is 12.2 Å². The molecule has 0 aliphatic heterocycles. The Balaban J connectivity index is 1.92. The predicted molar refractivity (Wildman–Crippen MR) is 69.8 cm³/mol. The second kappa shape index (κ2) is 6.09. The number of carboxylic acid groups (broad SMARTS) is 1. The van der Waals surface area contributed by atoms with Crippen LogP contribution < -0.4 is 5.32 Å². The molecular weight excluding hydrogens is 302 g/mol. The maximum Gasteiger partial charge on any atom is 0.325 e. The average molecular weight is 311 g/mol. The second-order valence-corrected chi connectivity index (χ2v) is 4.94. The van der Waals surface area contributed by atoms with E-state index in [0.717, 1.165) is 16.0 Å². The molecule has 21 heavy (non-hydrogen) atoms. The van der Waals surface area contributed by atoms with E-state index >= 15 is 0 Å². The molecular formula is C10H9N5O5S. The van der Waals surface area contributed by atoms with Gasteiger partial charge in [0.15, 0.2) is 0 Å². The van der Waals surface area contributed by atoms with Crippen LogP contribution in [-0.2, 0) is 17.9 Å². The van der Waals surface area contributed by atoms with Crippen molar-refractivity contribution in [3.8, 4) is 0 Å². The summed E-state index contributed by atoms with van der Waals surface area (Å²) >= 11 is 0.768. The fourth-order valence-electron chi connectivity index (χ4n) is 1.44. The van der Waals surface area contributed by atoms with Gasteiger partial charge in [0.05, 0.1) is 22.5 Å². The highest BCUT2D eigenvalue weighted by atomic mass is 32.1. The molecule has 0 saturated carbocycles. The molecule has 2 heterocycles. The number of aliphatic carboxylic acids is 1. The summed E-state index contributed by atoms with van der Waals surface area (Å²) in [6.45, 7) is -0.276. The first-order chi connectivity index (χ1) is 9.95. The van der Waals surface area contributed by atoms with Crippen molar-refractivity contribution in [2.75, 3.05) is 0 Å². The fourth-order valence-corrected chi connectivity index (χ4v) is 2.18. The molecule has 2 aromatic heterocycles. The minimum Gasteiger partial charge on any atom is -0.480 e. The van der Waals surface area contributed by atoms with E-state index in [2.05, 4.69) is 15.6 Å². The normalized spacial score (nSPS) is 10.3. The maximum absolute atomic E-state index is 11.8. The number of hydrogen-bond acceptors (Lipinski definition) is 7. The number of thiophene rings is 1. The van der Waals surface area contributed by atoms with Gasteiger partial charge in [-0.15, -0.1) is 5.10 Å². The van der Waals surface area contributed by atoms with Gasteiger partial charge in [-0.25, -0.2) is 4.68 Å². The van der Waals surface area contributed by atoms with Crippen LogP contribution in [-0.4, -0.2) is 36.9 Å². The predicted octanol–water partition coefficient (Wildman–Crippen LogP) is 0.262. The molecule has 0 aliphatic carbocycles. The molecule has 110 valence electrons. The Hall–Kier alpha value is -2.82.